The lowest BCUT2D eigenvalue weighted by molar-refractivity contribution is -0.118. The van der Waals surface area contributed by atoms with Crippen LogP contribution in [0.25, 0.3) is 0 Å². The van der Waals surface area contributed by atoms with E-state index >= 15 is 0 Å². The average Bonchev–Trinajstić information content (AvgIpc) is 2.59. The molecule has 0 saturated heterocycles. The molecule has 3 rings (SSSR count). The summed E-state index contributed by atoms with van der Waals surface area (Å²) in [5, 5.41) is 10.5. The van der Waals surface area contributed by atoms with Gasteiger partial charge >= 0.3 is 0 Å². The van der Waals surface area contributed by atoms with Gasteiger partial charge in [0.25, 0.3) is 5.91 Å². The third-order valence-electron chi connectivity index (χ3n) is 3.44. The molecule has 0 radical (unpaired) electrons. The van der Waals surface area contributed by atoms with E-state index in [1.165, 1.54) is 0 Å². The van der Waals surface area contributed by atoms with Crippen LogP contribution in [0.15, 0.2) is 52.0 Å². The van der Waals surface area contributed by atoms with Crippen LogP contribution in [0.2, 0.25) is 0 Å². The molecule has 1 aliphatic rings. The summed E-state index contributed by atoms with van der Waals surface area (Å²) in [4.78, 5) is 11.4. The molecule has 0 aliphatic carbocycles. The van der Waals surface area contributed by atoms with Crippen molar-refractivity contribution in [3.05, 3.63) is 52.5 Å². The molecular weight excluding hydrogens is 404 g/mol. The summed E-state index contributed by atoms with van der Waals surface area (Å²) in [6.45, 7) is 1.89. The quantitative estimate of drug-likeness (QED) is 0.404. The third-order valence-corrected chi connectivity index (χ3v) is 4.12. The van der Waals surface area contributed by atoms with Crippen LogP contribution in [-0.4, -0.2) is 23.3 Å². The standard InChI is InChI=1S/C17H15BrN4O2S/c1-10(11-5-6-15-14(7-11)20-16(23)9-24-15)21-22-17(25)19-13-4-2-3-12(18)8-13/h2-8H,9H2,1H3,(H,20,23)(H2,19,22,25)/b21-10+. The maximum atomic E-state index is 11.4. The molecule has 2 aromatic carbocycles. The molecule has 8 heteroatoms. The molecule has 0 unspecified atom stereocenters. The number of amides is 1. The van der Waals surface area contributed by atoms with Crippen LogP contribution in [0.5, 0.6) is 5.75 Å². The highest BCUT2D eigenvalue weighted by Crippen LogP contribution is 2.28. The number of benzene rings is 2. The molecule has 0 aromatic heterocycles. The van der Waals surface area contributed by atoms with Crippen molar-refractivity contribution < 1.29 is 9.53 Å². The van der Waals surface area contributed by atoms with E-state index < -0.39 is 0 Å². The fraction of sp³-hybridized carbons (Fsp3) is 0.118. The number of fused-ring (bicyclic) bond motifs is 1. The highest BCUT2D eigenvalue weighted by molar-refractivity contribution is 9.10. The predicted molar refractivity (Wildman–Crippen MR) is 106 cm³/mol. The Morgan fingerprint density at radius 3 is 2.96 bits per heavy atom. The number of nitrogens with one attached hydrogen (secondary N) is 3. The molecule has 25 heavy (non-hydrogen) atoms. The molecule has 1 heterocycles. The second-order valence-corrected chi connectivity index (χ2v) is 6.65. The van der Waals surface area contributed by atoms with Crippen molar-refractivity contribution in [2.75, 3.05) is 17.2 Å². The molecule has 6 nitrogen and oxygen atoms in total. The summed E-state index contributed by atoms with van der Waals surface area (Å²) >= 11 is 8.65. The first-order chi connectivity index (χ1) is 12.0. The van der Waals surface area contributed by atoms with E-state index in [1.54, 1.807) is 6.07 Å². The van der Waals surface area contributed by atoms with Crippen LogP contribution in [-0.2, 0) is 4.79 Å². The van der Waals surface area contributed by atoms with E-state index in [-0.39, 0.29) is 12.5 Å². The molecule has 1 aliphatic heterocycles. The predicted octanol–water partition coefficient (Wildman–Crippen LogP) is 3.49. The van der Waals surface area contributed by atoms with Gasteiger partial charge in [-0.15, -0.1) is 0 Å². The van der Waals surface area contributed by atoms with Gasteiger partial charge in [-0.3, -0.25) is 10.2 Å². The number of carbonyl (C=O) groups is 1. The van der Waals surface area contributed by atoms with Gasteiger partial charge in [-0.25, -0.2) is 0 Å². The van der Waals surface area contributed by atoms with Gasteiger partial charge in [0.05, 0.1) is 11.4 Å². The zero-order valence-electron chi connectivity index (χ0n) is 13.3. The lowest BCUT2D eigenvalue weighted by Crippen LogP contribution is -2.26. The molecule has 0 saturated carbocycles. The van der Waals surface area contributed by atoms with Crippen LogP contribution in [0.4, 0.5) is 11.4 Å². The minimum Gasteiger partial charge on any atom is -0.482 e. The van der Waals surface area contributed by atoms with E-state index in [1.807, 2.05) is 43.3 Å². The smallest absolute Gasteiger partial charge is 0.262 e. The largest absolute Gasteiger partial charge is 0.482 e. The minimum atomic E-state index is -0.170. The maximum Gasteiger partial charge on any atom is 0.262 e. The number of carbonyl (C=O) groups excluding carboxylic acids is 1. The highest BCUT2D eigenvalue weighted by atomic mass is 79.9. The summed E-state index contributed by atoms with van der Waals surface area (Å²) in [6, 6.07) is 13.2. The molecule has 0 spiro atoms. The van der Waals surface area contributed by atoms with Crippen molar-refractivity contribution in [2.24, 2.45) is 5.10 Å². The summed E-state index contributed by atoms with van der Waals surface area (Å²) in [5.41, 5.74) is 5.88. The minimum absolute atomic E-state index is 0.0382. The Morgan fingerprint density at radius 2 is 2.16 bits per heavy atom. The van der Waals surface area contributed by atoms with Gasteiger partial charge in [0.15, 0.2) is 11.7 Å². The van der Waals surface area contributed by atoms with Crippen LogP contribution < -0.4 is 20.8 Å². The lowest BCUT2D eigenvalue weighted by Gasteiger charge is -2.18. The Hall–Kier alpha value is -2.45. The molecule has 0 atom stereocenters. The average molecular weight is 419 g/mol. The first kappa shape index (κ1) is 17.4. The Balaban J connectivity index is 1.66. The Morgan fingerprint density at radius 1 is 1.32 bits per heavy atom. The fourth-order valence-electron chi connectivity index (χ4n) is 2.23. The van der Waals surface area contributed by atoms with Gasteiger partial charge in [0.2, 0.25) is 0 Å². The van der Waals surface area contributed by atoms with Crippen molar-refractivity contribution in [3.63, 3.8) is 0 Å². The number of rotatable bonds is 3. The summed E-state index contributed by atoms with van der Waals surface area (Å²) in [7, 11) is 0. The van der Waals surface area contributed by atoms with Crippen molar-refractivity contribution in [2.45, 2.75) is 6.92 Å². The van der Waals surface area contributed by atoms with Gasteiger partial charge in [-0.1, -0.05) is 22.0 Å². The van der Waals surface area contributed by atoms with E-state index in [0.717, 1.165) is 21.4 Å². The number of hydrogen-bond donors (Lipinski definition) is 3. The maximum absolute atomic E-state index is 11.4. The van der Waals surface area contributed by atoms with Gasteiger partial charge in [-0.2, -0.15) is 5.10 Å². The van der Waals surface area contributed by atoms with Crippen LogP contribution >= 0.6 is 28.1 Å². The summed E-state index contributed by atoms with van der Waals surface area (Å²) in [6.07, 6.45) is 0. The number of thiocarbonyl (C=S) groups is 1. The van der Waals surface area contributed by atoms with Gasteiger partial charge in [-0.05, 0) is 61.1 Å². The number of anilines is 2. The Kier molecular flexibility index (Phi) is 5.30. The SMILES string of the molecule is C/C(=N\NC(=S)Nc1cccc(Br)c1)c1ccc2c(c1)NC(=O)CO2. The van der Waals surface area contributed by atoms with Crippen molar-refractivity contribution in [1.82, 2.24) is 5.43 Å². The summed E-state index contributed by atoms with van der Waals surface area (Å²) in [5.74, 6) is 0.479. The van der Waals surface area contributed by atoms with Crippen molar-refractivity contribution in [3.8, 4) is 5.75 Å². The zero-order valence-corrected chi connectivity index (χ0v) is 15.7. The molecule has 0 bridgehead atoms. The number of halogens is 1. The van der Waals surface area contributed by atoms with Crippen LogP contribution in [0.1, 0.15) is 12.5 Å². The molecule has 1 amide bonds. The van der Waals surface area contributed by atoms with E-state index in [4.69, 9.17) is 17.0 Å². The zero-order chi connectivity index (χ0) is 17.8. The van der Waals surface area contributed by atoms with Crippen LogP contribution in [0, 0.1) is 0 Å². The fourth-order valence-corrected chi connectivity index (χ4v) is 2.80. The highest BCUT2D eigenvalue weighted by Gasteiger charge is 2.16. The van der Waals surface area contributed by atoms with Gasteiger partial charge in [0, 0.05) is 10.2 Å². The van der Waals surface area contributed by atoms with Gasteiger partial charge in [0.1, 0.15) is 5.75 Å². The third kappa shape index (κ3) is 4.55. The lowest BCUT2D eigenvalue weighted by atomic mass is 10.1. The second-order valence-electron chi connectivity index (χ2n) is 5.32. The molecule has 0 fully saturated rings. The van der Waals surface area contributed by atoms with E-state index in [9.17, 15) is 4.79 Å². The number of ether oxygens (including phenoxy) is 1. The molecule has 128 valence electrons. The van der Waals surface area contributed by atoms with Crippen molar-refractivity contribution >= 4 is 56.3 Å². The van der Waals surface area contributed by atoms with Crippen molar-refractivity contribution in [1.29, 1.82) is 0 Å². The molecule has 2 aromatic rings. The second kappa shape index (κ2) is 7.62. The molecular formula is C17H15BrN4O2S. The normalized spacial score (nSPS) is 13.4. The van der Waals surface area contributed by atoms with E-state index in [2.05, 4.69) is 37.1 Å². The van der Waals surface area contributed by atoms with E-state index in [0.29, 0.717) is 16.5 Å². The first-order valence-corrected chi connectivity index (χ1v) is 8.65. The van der Waals surface area contributed by atoms with Gasteiger partial charge < -0.3 is 15.4 Å². The monoisotopic (exact) mass is 418 g/mol. The molecule has 3 N–H and O–H groups in total. The topological polar surface area (TPSA) is 74.8 Å². The van der Waals surface area contributed by atoms with Crippen LogP contribution in [0.3, 0.4) is 0 Å². The first-order valence-electron chi connectivity index (χ1n) is 7.45. The summed E-state index contributed by atoms with van der Waals surface area (Å²) < 4.78 is 6.30. The number of hydrazone groups is 1. The number of nitrogens with zero attached hydrogens (tertiary/aromatic N) is 1. The Labute approximate surface area is 158 Å². The number of hydrogen-bond acceptors (Lipinski definition) is 4. The Bertz CT molecular complexity index is 869.